The van der Waals surface area contributed by atoms with E-state index in [0.717, 1.165) is 23.2 Å². The maximum Gasteiger partial charge on any atom is 0.251 e. The Kier molecular flexibility index (Phi) is 5.56. The van der Waals surface area contributed by atoms with Crippen molar-refractivity contribution < 1.29 is 14.0 Å². The summed E-state index contributed by atoms with van der Waals surface area (Å²) < 4.78 is 13.5. The second kappa shape index (κ2) is 7.88. The molecule has 0 aliphatic carbocycles. The Hall–Kier alpha value is -2.73. The van der Waals surface area contributed by atoms with E-state index in [-0.39, 0.29) is 23.7 Å². The molecule has 5 nitrogen and oxygen atoms in total. The molecular formula is C21H24FN3O2. The topological polar surface area (TPSA) is 52.7 Å². The van der Waals surface area contributed by atoms with E-state index in [1.165, 1.54) is 12.1 Å². The molecule has 27 heavy (non-hydrogen) atoms. The monoisotopic (exact) mass is 369 g/mol. The Morgan fingerprint density at radius 2 is 2.00 bits per heavy atom. The smallest absolute Gasteiger partial charge is 0.251 e. The molecule has 0 bridgehead atoms. The molecule has 0 saturated heterocycles. The van der Waals surface area contributed by atoms with Crippen LogP contribution in [0.1, 0.15) is 34.5 Å². The summed E-state index contributed by atoms with van der Waals surface area (Å²) >= 11 is 0. The first-order chi connectivity index (χ1) is 12.9. The highest BCUT2D eigenvalue weighted by molar-refractivity contribution is 5.97. The molecule has 1 heterocycles. The van der Waals surface area contributed by atoms with Crippen molar-refractivity contribution in [2.24, 2.45) is 0 Å². The Morgan fingerprint density at radius 3 is 2.67 bits per heavy atom. The van der Waals surface area contributed by atoms with Gasteiger partial charge in [0.05, 0.1) is 6.04 Å². The van der Waals surface area contributed by atoms with Crippen molar-refractivity contribution in [2.45, 2.75) is 19.4 Å². The fourth-order valence-corrected chi connectivity index (χ4v) is 3.47. The zero-order valence-corrected chi connectivity index (χ0v) is 15.8. The summed E-state index contributed by atoms with van der Waals surface area (Å²) in [4.78, 5) is 27.9. The highest BCUT2D eigenvalue weighted by Crippen LogP contribution is 2.29. The minimum absolute atomic E-state index is 0.00914. The molecular weight excluding hydrogens is 345 g/mol. The Labute approximate surface area is 158 Å². The van der Waals surface area contributed by atoms with Gasteiger partial charge in [-0.25, -0.2) is 4.39 Å². The number of benzene rings is 2. The first-order valence-electron chi connectivity index (χ1n) is 8.98. The fourth-order valence-electron chi connectivity index (χ4n) is 3.47. The molecule has 1 aliphatic rings. The van der Waals surface area contributed by atoms with Crippen LogP contribution in [0.3, 0.4) is 0 Å². The van der Waals surface area contributed by atoms with Crippen LogP contribution < -0.4 is 10.2 Å². The first-order valence-corrected chi connectivity index (χ1v) is 8.98. The van der Waals surface area contributed by atoms with Crippen LogP contribution in [-0.2, 0) is 11.2 Å². The summed E-state index contributed by atoms with van der Waals surface area (Å²) in [5, 5.41) is 2.94. The molecule has 6 heteroatoms. The summed E-state index contributed by atoms with van der Waals surface area (Å²) in [6, 6.07) is 11.7. The van der Waals surface area contributed by atoms with Crippen LogP contribution in [0, 0.1) is 5.82 Å². The van der Waals surface area contributed by atoms with Gasteiger partial charge in [0, 0.05) is 31.3 Å². The molecule has 2 aromatic rings. The number of carbonyl (C=O) groups is 2. The predicted molar refractivity (Wildman–Crippen MR) is 103 cm³/mol. The van der Waals surface area contributed by atoms with Crippen molar-refractivity contribution in [3.05, 3.63) is 65.0 Å². The highest BCUT2D eigenvalue weighted by Gasteiger charge is 2.23. The summed E-state index contributed by atoms with van der Waals surface area (Å²) in [6.45, 7) is 2.56. The van der Waals surface area contributed by atoms with Gasteiger partial charge < -0.3 is 15.1 Å². The average Bonchev–Trinajstić information content (AvgIpc) is 3.05. The van der Waals surface area contributed by atoms with Crippen molar-refractivity contribution in [3.63, 3.8) is 0 Å². The van der Waals surface area contributed by atoms with Crippen LogP contribution in [0.2, 0.25) is 0 Å². The number of anilines is 1. The van der Waals surface area contributed by atoms with Crippen LogP contribution in [0.15, 0.2) is 42.5 Å². The molecule has 3 rings (SSSR count). The summed E-state index contributed by atoms with van der Waals surface area (Å²) in [6.07, 6.45) is 0.750. The SMILES string of the molecule is CC(=O)N1CCc2cc(C(=O)NC[C@@H](c3cccc(F)c3)N(C)C)ccc21. The largest absolute Gasteiger partial charge is 0.350 e. The average molecular weight is 369 g/mol. The highest BCUT2D eigenvalue weighted by atomic mass is 19.1. The van der Waals surface area contributed by atoms with Crippen molar-refractivity contribution in [1.82, 2.24) is 10.2 Å². The predicted octanol–water partition coefficient (Wildman–Crippen LogP) is 2.77. The van der Waals surface area contributed by atoms with E-state index in [0.29, 0.717) is 18.7 Å². The van der Waals surface area contributed by atoms with Gasteiger partial charge in [-0.1, -0.05) is 12.1 Å². The van der Waals surface area contributed by atoms with Gasteiger partial charge in [-0.05, 0) is 62.0 Å². The van der Waals surface area contributed by atoms with Gasteiger partial charge in [0.25, 0.3) is 5.91 Å². The van der Waals surface area contributed by atoms with E-state index in [2.05, 4.69) is 5.32 Å². The number of hydrogen-bond acceptors (Lipinski definition) is 3. The van der Waals surface area contributed by atoms with E-state index in [4.69, 9.17) is 0 Å². The summed E-state index contributed by atoms with van der Waals surface area (Å²) in [5.74, 6) is -0.462. The van der Waals surface area contributed by atoms with Crippen LogP contribution in [0.4, 0.5) is 10.1 Å². The maximum absolute atomic E-state index is 13.5. The van der Waals surface area contributed by atoms with E-state index in [9.17, 15) is 14.0 Å². The van der Waals surface area contributed by atoms with E-state index < -0.39 is 0 Å². The van der Waals surface area contributed by atoms with Crippen LogP contribution >= 0.6 is 0 Å². The van der Waals surface area contributed by atoms with Crippen LogP contribution in [0.5, 0.6) is 0 Å². The third kappa shape index (κ3) is 4.17. The molecule has 0 unspecified atom stereocenters. The van der Waals surface area contributed by atoms with E-state index in [1.807, 2.05) is 37.2 Å². The van der Waals surface area contributed by atoms with Crippen molar-refractivity contribution in [2.75, 3.05) is 32.1 Å². The van der Waals surface area contributed by atoms with Gasteiger partial charge in [-0.15, -0.1) is 0 Å². The minimum atomic E-state index is -0.292. The third-order valence-corrected chi connectivity index (χ3v) is 4.93. The van der Waals surface area contributed by atoms with Gasteiger partial charge in [0.15, 0.2) is 0 Å². The van der Waals surface area contributed by atoms with Crippen molar-refractivity contribution in [3.8, 4) is 0 Å². The quantitative estimate of drug-likeness (QED) is 0.882. The lowest BCUT2D eigenvalue weighted by Gasteiger charge is -2.25. The summed E-state index contributed by atoms with van der Waals surface area (Å²) in [5.41, 5.74) is 3.26. The molecule has 1 N–H and O–H groups in total. The van der Waals surface area contributed by atoms with Gasteiger partial charge in [0.2, 0.25) is 5.91 Å². The lowest BCUT2D eigenvalue weighted by molar-refractivity contribution is -0.116. The molecule has 1 atom stereocenters. The molecule has 0 saturated carbocycles. The number of hydrogen-bond donors (Lipinski definition) is 1. The van der Waals surface area contributed by atoms with Gasteiger partial charge >= 0.3 is 0 Å². The Balaban J connectivity index is 1.71. The first kappa shape index (κ1) is 19.0. The van der Waals surface area contributed by atoms with Gasteiger partial charge in [-0.2, -0.15) is 0 Å². The normalized spacial score (nSPS) is 14.2. The summed E-state index contributed by atoms with van der Waals surface area (Å²) in [7, 11) is 3.79. The van der Waals surface area contributed by atoms with E-state index >= 15 is 0 Å². The standard InChI is InChI=1S/C21H24FN3O2/c1-14(26)25-10-9-16-11-17(7-8-19(16)25)21(27)23-13-20(24(2)3)15-5-4-6-18(22)12-15/h4-8,11-12,20H,9-10,13H2,1-3H3,(H,23,27)/t20-/m0/s1. The minimum Gasteiger partial charge on any atom is -0.350 e. The molecule has 0 radical (unpaired) electrons. The Bertz CT molecular complexity index is 866. The number of amides is 2. The molecule has 0 fully saturated rings. The number of halogens is 1. The van der Waals surface area contributed by atoms with Gasteiger partial charge in [0.1, 0.15) is 5.82 Å². The maximum atomic E-state index is 13.5. The van der Waals surface area contributed by atoms with Crippen molar-refractivity contribution in [1.29, 1.82) is 0 Å². The van der Waals surface area contributed by atoms with Gasteiger partial charge in [-0.3, -0.25) is 9.59 Å². The number of carbonyl (C=O) groups excluding carboxylic acids is 2. The Morgan fingerprint density at radius 1 is 1.22 bits per heavy atom. The lowest BCUT2D eigenvalue weighted by Crippen LogP contribution is -2.34. The molecule has 2 amide bonds. The van der Waals surface area contributed by atoms with E-state index in [1.54, 1.807) is 24.0 Å². The van der Waals surface area contributed by atoms with Crippen molar-refractivity contribution >= 4 is 17.5 Å². The number of nitrogens with zero attached hydrogens (tertiary/aromatic N) is 2. The molecule has 0 aromatic heterocycles. The third-order valence-electron chi connectivity index (χ3n) is 4.93. The number of likely N-dealkylation sites (N-methyl/N-ethyl adjacent to an activating group) is 1. The second-order valence-electron chi connectivity index (χ2n) is 7.01. The molecule has 2 aromatic carbocycles. The zero-order chi connectivity index (χ0) is 19.6. The second-order valence-corrected chi connectivity index (χ2v) is 7.01. The lowest BCUT2D eigenvalue weighted by atomic mass is 10.0. The molecule has 1 aliphatic heterocycles. The molecule has 142 valence electrons. The zero-order valence-electron chi connectivity index (χ0n) is 15.8. The number of nitrogens with one attached hydrogen (secondary N) is 1. The van der Waals surface area contributed by atoms with Crippen LogP contribution in [-0.4, -0.2) is 43.9 Å². The number of fused-ring (bicyclic) bond motifs is 1. The van der Waals surface area contributed by atoms with Crippen LogP contribution in [0.25, 0.3) is 0 Å². The fraction of sp³-hybridized carbons (Fsp3) is 0.333. The molecule has 0 spiro atoms. The number of rotatable bonds is 5.